The van der Waals surface area contributed by atoms with Gasteiger partial charge < -0.3 is 0 Å². The average Bonchev–Trinajstić information content (AvgIpc) is 2.51. The summed E-state index contributed by atoms with van der Waals surface area (Å²) in [6.45, 7) is 4.17. The molecule has 0 aliphatic heterocycles. The minimum Gasteiger partial charge on any atom is -0.293 e. The maximum absolute atomic E-state index is 4.98. The third kappa shape index (κ3) is 1.76. The van der Waals surface area contributed by atoms with E-state index >= 15 is 0 Å². The third-order valence-corrected chi connectivity index (χ3v) is 2.98. The molecule has 0 saturated heterocycles. The first-order chi connectivity index (χ1) is 6.66. The zero-order chi connectivity index (χ0) is 10.1. The molecule has 0 unspecified atom stereocenters. The molecule has 0 saturated carbocycles. The minimum atomic E-state index is 0.653. The molecule has 0 fully saturated rings. The van der Waals surface area contributed by atoms with Gasteiger partial charge in [0.2, 0.25) is 0 Å². The van der Waals surface area contributed by atoms with Crippen LogP contribution in [-0.4, -0.2) is 9.36 Å². The Morgan fingerprint density at radius 3 is 2.71 bits per heavy atom. The van der Waals surface area contributed by atoms with Crippen LogP contribution < -0.4 is 0 Å². The Hall–Kier alpha value is -1.00. The molecule has 0 spiro atoms. The molecule has 4 heteroatoms. The first kappa shape index (κ1) is 9.55. The summed E-state index contributed by atoms with van der Waals surface area (Å²) >= 11 is 6.37. The molecule has 2 aromatic rings. The number of nitrogens with one attached hydrogen (secondary N) is 1. The quantitative estimate of drug-likeness (QED) is 0.748. The Morgan fingerprint density at radius 1 is 1.36 bits per heavy atom. The highest BCUT2D eigenvalue weighted by Gasteiger charge is 2.04. The van der Waals surface area contributed by atoms with Crippen molar-refractivity contribution in [3.63, 3.8) is 0 Å². The van der Waals surface area contributed by atoms with Crippen LogP contribution in [0, 0.1) is 17.8 Å². The van der Waals surface area contributed by atoms with Crippen molar-refractivity contribution >= 4 is 23.8 Å². The van der Waals surface area contributed by atoms with E-state index in [0.29, 0.717) is 3.95 Å². The summed E-state index contributed by atoms with van der Waals surface area (Å²) in [6.07, 6.45) is 0. The number of benzene rings is 1. The SMILES string of the molecule is Cc1ccc(-c2nc(=S)s[nH]2)c(C)c1. The van der Waals surface area contributed by atoms with Crippen molar-refractivity contribution in [2.45, 2.75) is 13.8 Å². The van der Waals surface area contributed by atoms with Gasteiger partial charge in [-0.2, -0.15) is 0 Å². The molecule has 2 rings (SSSR count). The molecule has 1 N–H and O–H groups in total. The summed E-state index contributed by atoms with van der Waals surface area (Å²) in [6, 6.07) is 6.30. The number of aromatic nitrogens is 2. The Bertz CT molecular complexity index is 511. The van der Waals surface area contributed by atoms with Crippen molar-refractivity contribution in [3.05, 3.63) is 33.3 Å². The van der Waals surface area contributed by atoms with Gasteiger partial charge >= 0.3 is 0 Å². The highest BCUT2D eigenvalue weighted by atomic mass is 32.2. The highest BCUT2D eigenvalue weighted by molar-refractivity contribution is 7.73. The predicted molar refractivity (Wildman–Crippen MR) is 62.2 cm³/mol. The molecule has 1 aromatic heterocycles. The van der Waals surface area contributed by atoms with E-state index in [-0.39, 0.29) is 0 Å². The lowest BCUT2D eigenvalue weighted by atomic mass is 10.1. The summed E-state index contributed by atoms with van der Waals surface area (Å²) in [5, 5.41) is 0. The molecule has 14 heavy (non-hydrogen) atoms. The van der Waals surface area contributed by atoms with E-state index in [9.17, 15) is 0 Å². The molecular weight excluding hydrogens is 212 g/mol. The van der Waals surface area contributed by atoms with E-state index < -0.39 is 0 Å². The lowest BCUT2D eigenvalue weighted by Crippen LogP contribution is -1.86. The number of hydrogen-bond donors (Lipinski definition) is 1. The average molecular weight is 222 g/mol. The fourth-order valence-corrected chi connectivity index (χ4v) is 2.12. The predicted octanol–water partition coefficient (Wildman–Crippen LogP) is 3.48. The maximum Gasteiger partial charge on any atom is 0.198 e. The van der Waals surface area contributed by atoms with Crippen LogP contribution in [0.5, 0.6) is 0 Å². The third-order valence-electron chi connectivity index (χ3n) is 2.08. The molecule has 0 aliphatic rings. The van der Waals surface area contributed by atoms with E-state index in [1.807, 2.05) is 0 Å². The molecule has 0 radical (unpaired) electrons. The van der Waals surface area contributed by atoms with Crippen molar-refractivity contribution in [3.8, 4) is 11.4 Å². The van der Waals surface area contributed by atoms with E-state index in [0.717, 1.165) is 11.4 Å². The van der Waals surface area contributed by atoms with Gasteiger partial charge in [-0.3, -0.25) is 4.37 Å². The molecule has 1 heterocycles. The molecule has 0 amide bonds. The van der Waals surface area contributed by atoms with Crippen LogP contribution in [0.3, 0.4) is 0 Å². The molecule has 0 atom stereocenters. The van der Waals surface area contributed by atoms with Gasteiger partial charge in [0, 0.05) is 5.56 Å². The van der Waals surface area contributed by atoms with E-state index in [4.69, 9.17) is 12.2 Å². The number of aromatic amines is 1. The highest BCUT2D eigenvalue weighted by Crippen LogP contribution is 2.21. The summed E-state index contributed by atoms with van der Waals surface area (Å²) in [4.78, 5) is 4.25. The topological polar surface area (TPSA) is 28.7 Å². The summed E-state index contributed by atoms with van der Waals surface area (Å²) < 4.78 is 3.76. The molecule has 0 aliphatic carbocycles. The van der Waals surface area contributed by atoms with Crippen LogP contribution in [0.2, 0.25) is 0 Å². The fraction of sp³-hybridized carbons (Fsp3) is 0.200. The van der Waals surface area contributed by atoms with Crippen LogP contribution in [0.1, 0.15) is 11.1 Å². The zero-order valence-electron chi connectivity index (χ0n) is 8.00. The van der Waals surface area contributed by atoms with Crippen molar-refractivity contribution in [2.24, 2.45) is 0 Å². The van der Waals surface area contributed by atoms with Crippen LogP contribution in [0.4, 0.5) is 0 Å². The number of rotatable bonds is 1. The Morgan fingerprint density at radius 2 is 2.14 bits per heavy atom. The van der Waals surface area contributed by atoms with Gasteiger partial charge in [-0.1, -0.05) is 23.8 Å². The second kappa shape index (κ2) is 3.63. The van der Waals surface area contributed by atoms with Crippen molar-refractivity contribution in [2.75, 3.05) is 0 Å². The number of nitrogens with zero attached hydrogens (tertiary/aromatic N) is 1. The van der Waals surface area contributed by atoms with Crippen molar-refractivity contribution in [1.82, 2.24) is 9.36 Å². The van der Waals surface area contributed by atoms with Gasteiger partial charge in [-0.15, -0.1) is 0 Å². The van der Waals surface area contributed by atoms with Gasteiger partial charge in [-0.05, 0) is 43.2 Å². The zero-order valence-corrected chi connectivity index (χ0v) is 9.63. The number of hydrogen-bond acceptors (Lipinski definition) is 3. The maximum atomic E-state index is 4.98. The molecule has 72 valence electrons. The standard InChI is InChI=1S/C10H10N2S2/c1-6-3-4-8(7(2)5-6)9-11-10(13)14-12-9/h3-5H,1-2H3,(H,11,12,13). The second-order valence-electron chi connectivity index (χ2n) is 3.25. The van der Waals surface area contributed by atoms with Gasteiger partial charge in [0.1, 0.15) is 5.82 Å². The van der Waals surface area contributed by atoms with E-state index in [1.54, 1.807) is 0 Å². The Balaban J connectivity index is 2.57. The second-order valence-corrected chi connectivity index (χ2v) is 4.69. The monoisotopic (exact) mass is 222 g/mol. The van der Waals surface area contributed by atoms with Crippen LogP contribution >= 0.6 is 23.8 Å². The van der Waals surface area contributed by atoms with Gasteiger partial charge in [0.05, 0.1) is 0 Å². The minimum absolute atomic E-state index is 0.653. The largest absolute Gasteiger partial charge is 0.293 e. The first-order valence-electron chi connectivity index (χ1n) is 4.30. The first-order valence-corrected chi connectivity index (χ1v) is 5.52. The van der Waals surface area contributed by atoms with Gasteiger partial charge in [0.25, 0.3) is 0 Å². The number of aryl methyl sites for hydroxylation is 2. The number of H-pyrrole nitrogens is 1. The van der Waals surface area contributed by atoms with Gasteiger partial charge in [0.15, 0.2) is 3.95 Å². The Kier molecular flexibility index (Phi) is 2.48. The smallest absolute Gasteiger partial charge is 0.198 e. The normalized spacial score (nSPS) is 10.4. The Labute approximate surface area is 91.8 Å². The van der Waals surface area contributed by atoms with E-state index in [2.05, 4.69) is 41.4 Å². The van der Waals surface area contributed by atoms with Crippen molar-refractivity contribution < 1.29 is 0 Å². The molecular formula is C10H10N2S2. The molecule has 2 nitrogen and oxygen atoms in total. The van der Waals surface area contributed by atoms with Crippen LogP contribution in [-0.2, 0) is 0 Å². The van der Waals surface area contributed by atoms with Crippen LogP contribution in [0.25, 0.3) is 11.4 Å². The molecule has 1 aromatic carbocycles. The summed E-state index contributed by atoms with van der Waals surface area (Å²) in [5.41, 5.74) is 3.62. The van der Waals surface area contributed by atoms with Crippen LogP contribution in [0.15, 0.2) is 18.2 Å². The summed E-state index contributed by atoms with van der Waals surface area (Å²) in [5.74, 6) is 0.873. The van der Waals surface area contributed by atoms with Crippen molar-refractivity contribution in [1.29, 1.82) is 0 Å². The van der Waals surface area contributed by atoms with E-state index in [1.165, 1.54) is 22.7 Å². The van der Waals surface area contributed by atoms with Gasteiger partial charge in [-0.25, -0.2) is 4.98 Å². The summed E-state index contributed by atoms with van der Waals surface area (Å²) in [7, 11) is 0. The lowest BCUT2D eigenvalue weighted by molar-refractivity contribution is 1.28. The fourth-order valence-electron chi connectivity index (χ4n) is 1.42. The lowest BCUT2D eigenvalue weighted by Gasteiger charge is -2.02. The molecule has 0 bridgehead atoms.